The third-order valence-electron chi connectivity index (χ3n) is 9.70. The Morgan fingerprint density at radius 1 is 0.980 bits per heavy atom. The molecule has 1 saturated heterocycles. The van der Waals surface area contributed by atoms with Crippen molar-refractivity contribution in [2.24, 2.45) is 5.92 Å². The maximum absolute atomic E-state index is 14.3. The highest BCUT2D eigenvalue weighted by atomic mass is 16.5. The van der Waals surface area contributed by atoms with Crippen molar-refractivity contribution in [1.82, 2.24) is 30.1 Å². The zero-order chi connectivity index (χ0) is 35.2. The number of hydrogen-bond donors (Lipinski definition) is 1. The lowest BCUT2D eigenvalue weighted by atomic mass is 9.97. The molecule has 2 aromatic heterocycles. The molecule has 2 amide bonds. The highest BCUT2D eigenvalue weighted by Gasteiger charge is 2.28. The molecule has 2 aromatic carbocycles. The second-order valence-electron chi connectivity index (χ2n) is 12.9. The lowest BCUT2D eigenvalue weighted by molar-refractivity contribution is -0.121. The van der Waals surface area contributed by atoms with Crippen LogP contribution in [0.5, 0.6) is 17.2 Å². The van der Waals surface area contributed by atoms with Gasteiger partial charge in [-0.15, -0.1) is 0 Å². The van der Waals surface area contributed by atoms with Gasteiger partial charge in [0.05, 0.1) is 38.1 Å². The van der Waals surface area contributed by atoms with Gasteiger partial charge in [0.25, 0.3) is 5.91 Å². The number of carbonyl (C=O) groups excluding carboxylic acids is 2. The van der Waals surface area contributed by atoms with E-state index in [2.05, 4.69) is 38.1 Å². The standard InChI is InChI=1S/C38H47N7O5/c1-6-43-17-18-44(38(47)30-22-39-25(2)41-34(30)27-12-8-7-9-13-27)16-14-33(46)40-21-26-11-10-15-45(23-26)37-28(24-43)19-29-31(42-37)20-32(48-3)36(50-5)35(29)49-4/h7-9,12-13,19-20,22,26H,6,10-11,14-18,21,23-24H2,1-5H3,(H,40,46). The minimum absolute atomic E-state index is 0.0664. The van der Waals surface area contributed by atoms with Gasteiger partial charge in [0.15, 0.2) is 11.5 Å². The molecule has 50 heavy (non-hydrogen) atoms. The number of carbonyl (C=O) groups is 2. The molecular formula is C38H47N7O5. The predicted molar refractivity (Wildman–Crippen MR) is 193 cm³/mol. The molecule has 1 fully saturated rings. The first-order chi connectivity index (χ1) is 24.3. The smallest absolute Gasteiger partial charge is 0.257 e. The van der Waals surface area contributed by atoms with Crippen LogP contribution >= 0.6 is 0 Å². The fourth-order valence-corrected chi connectivity index (χ4v) is 7.00. The van der Waals surface area contributed by atoms with E-state index in [1.54, 1.807) is 32.4 Å². The Labute approximate surface area is 293 Å². The number of benzene rings is 2. The summed E-state index contributed by atoms with van der Waals surface area (Å²) in [4.78, 5) is 48.3. The van der Waals surface area contributed by atoms with E-state index in [4.69, 9.17) is 19.2 Å². The summed E-state index contributed by atoms with van der Waals surface area (Å²) in [6.45, 7) is 8.79. The third kappa shape index (κ3) is 7.45. The van der Waals surface area contributed by atoms with E-state index in [1.807, 2.05) is 43.3 Å². The molecule has 12 heteroatoms. The Bertz CT molecular complexity index is 1840. The van der Waals surface area contributed by atoms with Crippen LogP contribution in [-0.2, 0) is 11.3 Å². The van der Waals surface area contributed by atoms with E-state index >= 15 is 0 Å². The van der Waals surface area contributed by atoms with Crippen LogP contribution in [0.2, 0.25) is 0 Å². The number of pyridine rings is 1. The molecular weight excluding hydrogens is 634 g/mol. The van der Waals surface area contributed by atoms with E-state index in [0.717, 1.165) is 60.3 Å². The van der Waals surface area contributed by atoms with Crippen molar-refractivity contribution < 1.29 is 23.8 Å². The number of piperidine rings is 1. The molecule has 2 aliphatic rings. The van der Waals surface area contributed by atoms with E-state index in [1.165, 1.54) is 0 Å². The molecule has 6 rings (SSSR count). The van der Waals surface area contributed by atoms with Crippen molar-refractivity contribution in [3.05, 3.63) is 65.6 Å². The largest absolute Gasteiger partial charge is 0.493 e. The quantitative estimate of drug-likeness (QED) is 0.306. The second-order valence-corrected chi connectivity index (χ2v) is 12.9. The van der Waals surface area contributed by atoms with Crippen molar-refractivity contribution in [2.45, 2.75) is 39.7 Å². The van der Waals surface area contributed by atoms with E-state index < -0.39 is 0 Å². The van der Waals surface area contributed by atoms with Crippen molar-refractivity contribution in [3.8, 4) is 28.5 Å². The van der Waals surface area contributed by atoms with Crippen LogP contribution < -0.4 is 24.4 Å². The molecule has 1 N–H and O–H groups in total. The fourth-order valence-electron chi connectivity index (χ4n) is 7.00. The molecule has 4 heterocycles. The number of ether oxygens (including phenoxy) is 3. The minimum atomic E-state index is -0.196. The molecule has 2 bridgehead atoms. The summed E-state index contributed by atoms with van der Waals surface area (Å²) in [7, 11) is 4.84. The number of methoxy groups -OCH3 is 3. The molecule has 12 nitrogen and oxygen atoms in total. The Balaban J connectivity index is 1.39. The van der Waals surface area contributed by atoms with Gasteiger partial charge in [-0.05, 0) is 38.3 Å². The monoisotopic (exact) mass is 681 g/mol. The minimum Gasteiger partial charge on any atom is -0.493 e. The zero-order valence-corrected chi connectivity index (χ0v) is 29.7. The van der Waals surface area contributed by atoms with Gasteiger partial charge in [-0.2, -0.15) is 0 Å². The van der Waals surface area contributed by atoms with Gasteiger partial charge in [0.1, 0.15) is 11.6 Å². The predicted octanol–water partition coefficient (Wildman–Crippen LogP) is 4.73. The molecule has 0 radical (unpaired) electrons. The Kier molecular flexibility index (Phi) is 11.0. The van der Waals surface area contributed by atoms with Crippen LogP contribution in [0.1, 0.15) is 47.9 Å². The number of rotatable bonds is 6. The number of anilines is 1. The average molecular weight is 682 g/mol. The summed E-state index contributed by atoms with van der Waals surface area (Å²) >= 11 is 0. The lowest BCUT2D eigenvalue weighted by Crippen LogP contribution is -2.42. The van der Waals surface area contributed by atoms with Gasteiger partial charge in [-0.25, -0.2) is 15.0 Å². The first kappa shape index (κ1) is 34.9. The first-order valence-electron chi connectivity index (χ1n) is 17.4. The van der Waals surface area contributed by atoms with Crippen LogP contribution in [-0.4, -0.2) is 104 Å². The first-order valence-corrected chi connectivity index (χ1v) is 17.4. The molecule has 0 aliphatic carbocycles. The van der Waals surface area contributed by atoms with Gasteiger partial charge >= 0.3 is 0 Å². The number of nitrogens with one attached hydrogen (secondary N) is 1. The number of hydrogen-bond acceptors (Lipinski definition) is 10. The SMILES string of the molecule is CCN1CCN(C(=O)c2cnc(C)nc2-c2ccccc2)CCC(=O)NCC2CCCN(C2)c2nc3cc(OC)c(OC)c(OC)c3cc2C1. The molecule has 1 unspecified atom stereocenters. The third-order valence-corrected chi connectivity index (χ3v) is 9.70. The normalized spacial score (nSPS) is 17.7. The van der Waals surface area contributed by atoms with Crippen LogP contribution in [0.4, 0.5) is 5.82 Å². The maximum Gasteiger partial charge on any atom is 0.257 e. The van der Waals surface area contributed by atoms with Gasteiger partial charge in [0.2, 0.25) is 11.7 Å². The van der Waals surface area contributed by atoms with Crippen LogP contribution in [0.15, 0.2) is 48.7 Å². The van der Waals surface area contributed by atoms with Crippen LogP contribution in [0.25, 0.3) is 22.2 Å². The van der Waals surface area contributed by atoms with E-state index in [0.29, 0.717) is 60.5 Å². The van der Waals surface area contributed by atoms with Gasteiger partial charge in [-0.1, -0.05) is 37.3 Å². The summed E-state index contributed by atoms with van der Waals surface area (Å²) in [5, 5.41) is 4.00. The number of nitrogens with zero attached hydrogens (tertiary/aromatic N) is 6. The molecule has 2 aliphatic heterocycles. The lowest BCUT2D eigenvalue weighted by Gasteiger charge is -2.35. The second kappa shape index (κ2) is 15.7. The average Bonchev–Trinajstić information content (AvgIpc) is 3.15. The molecule has 0 spiro atoms. The number of fused-ring (bicyclic) bond motifs is 5. The molecule has 1 atom stereocenters. The molecule has 264 valence electrons. The van der Waals surface area contributed by atoms with Gasteiger partial charge < -0.3 is 29.3 Å². The summed E-state index contributed by atoms with van der Waals surface area (Å²) in [5.41, 5.74) is 3.66. The van der Waals surface area contributed by atoms with E-state index in [9.17, 15) is 9.59 Å². The number of aromatic nitrogens is 3. The number of likely N-dealkylation sites (N-methyl/N-ethyl adjacent to an activating group) is 1. The fraction of sp³-hybridized carbons (Fsp3) is 0.447. The van der Waals surface area contributed by atoms with E-state index in [-0.39, 0.29) is 30.7 Å². The van der Waals surface area contributed by atoms with Crippen molar-refractivity contribution in [3.63, 3.8) is 0 Å². The van der Waals surface area contributed by atoms with Crippen LogP contribution in [0.3, 0.4) is 0 Å². The van der Waals surface area contributed by atoms with Gasteiger partial charge in [0, 0.05) is 81.0 Å². The van der Waals surface area contributed by atoms with Crippen molar-refractivity contribution in [2.75, 3.05) is 72.0 Å². The summed E-state index contributed by atoms with van der Waals surface area (Å²) in [5.74, 6) is 3.14. The highest BCUT2D eigenvalue weighted by Crippen LogP contribution is 2.44. The molecule has 0 saturated carbocycles. The summed E-state index contributed by atoms with van der Waals surface area (Å²) in [6.07, 6.45) is 3.83. The summed E-state index contributed by atoms with van der Waals surface area (Å²) < 4.78 is 17.2. The number of aryl methyl sites for hydroxylation is 1. The Morgan fingerprint density at radius 3 is 2.52 bits per heavy atom. The Hall–Kier alpha value is -4.97. The van der Waals surface area contributed by atoms with Crippen LogP contribution in [0, 0.1) is 12.8 Å². The maximum atomic E-state index is 14.3. The van der Waals surface area contributed by atoms with Gasteiger partial charge in [-0.3, -0.25) is 14.5 Å². The Morgan fingerprint density at radius 2 is 1.78 bits per heavy atom. The zero-order valence-electron chi connectivity index (χ0n) is 29.7. The number of amides is 2. The highest BCUT2D eigenvalue weighted by molar-refractivity contribution is 6.00. The summed E-state index contributed by atoms with van der Waals surface area (Å²) in [6, 6.07) is 13.7. The van der Waals surface area contributed by atoms with Crippen molar-refractivity contribution >= 4 is 28.5 Å². The van der Waals surface area contributed by atoms with Crippen molar-refractivity contribution in [1.29, 1.82) is 0 Å². The topological polar surface area (TPSA) is 122 Å². The molecule has 4 aromatic rings.